The molecule has 11 heteroatoms. The molecule has 0 aliphatic carbocycles. The van der Waals surface area contributed by atoms with Crippen molar-refractivity contribution in [3.8, 4) is 11.4 Å². The first-order valence-electron chi connectivity index (χ1n) is 8.37. The standard InChI is InChI=1S/C17H17FN6O4/c1-10-2-3-11(6-13(10)18)17-20-15(28-22-17)5-4-14(25)19-7-12-8-24(23-21-12)9-16(26)27/h2-3,6,8H,4-5,7,9H2,1H3,(H,19,25)(H,26,27). The normalized spacial score (nSPS) is 10.8. The molecule has 2 heterocycles. The average Bonchev–Trinajstić information content (AvgIpc) is 3.29. The van der Waals surface area contributed by atoms with Crippen LogP contribution in [0.1, 0.15) is 23.6 Å². The van der Waals surface area contributed by atoms with Gasteiger partial charge in [-0.3, -0.25) is 9.59 Å². The molecule has 0 saturated heterocycles. The molecule has 0 spiro atoms. The Hall–Kier alpha value is -3.63. The highest BCUT2D eigenvalue weighted by atomic mass is 19.1. The highest BCUT2D eigenvalue weighted by Gasteiger charge is 2.12. The number of carbonyl (C=O) groups excluding carboxylic acids is 1. The number of nitrogens with one attached hydrogen (secondary N) is 1. The third kappa shape index (κ3) is 4.96. The molecule has 2 N–H and O–H groups in total. The molecule has 3 rings (SSSR count). The van der Waals surface area contributed by atoms with Crippen LogP contribution in [0.5, 0.6) is 0 Å². The smallest absolute Gasteiger partial charge is 0.325 e. The molecule has 0 aliphatic heterocycles. The maximum Gasteiger partial charge on any atom is 0.325 e. The van der Waals surface area contributed by atoms with E-state index in [1.807, 2.05) is 0 Å². The van der Waals surface area contributed by atoms with Crippen LogP contribution < -0.4 is 5.32 Å². The molecule has 0 aliphatic rings. The first-order chi connectivity index (χ1) is 13.4. The lowest BCUT2D eigenvalue weighted by Crippen LogP contribution is -2.23. The number of hydrogen-bond acceptors (Lipinski definition) is 7. The Labute approximate surface area is 158 Å². The van der Waals surface area contributed by atoms with E-state index in [2.05, 4.69) is 25.8 Å². The van der Waals surface area contributed by atoms with Gasteiger partial charge >= 0.3 is 5.97 Å². The van der Waals surface area contributed by atoms with Crippen molar-refractivity contribution in [2.45, 2.75) is 32.9 Å². The van der Waals surface area contributed by atoms with E-state index in [0.29, 0.717) is 16.8 Å². The van der Waals surface area contributed by atoms with Crippen molar-refractivity contribution in [3.63, 3.8) is 0 Å². The highest BCUT2D eigenvalue weighted by Crippen LogP contribution is 2.19. The average molecular weight is 388 g/mol. The van der Waals surface area contributed by atoms with E-state index in [9.17, 15) is 14.0 Å². The summed E-state index contributed by atoms with van der Waals surface area (Å²) in [7, 11) is 0. The lowest BCUT2D eigenvalue weighted by molar-refractivity contribution is -0.138. The van der Waals surface area contributed by atoms with E-state index in [-0.39, 0.29) is 49.4 Å². The predicted molar refractivity (Wildman–Crippen MR) is 92.3 cm³/mol. The molecule has 0 unspecified atom stereocenters. The number of carbonyl (C=O) groups is 2. The van der Waals surface area contributed by atoms with Crippen LogP contribution in [0.2, 0.25) is 0 Å². The number of carboxylic acid groups (broad SMARTS) is 1. The lowest BCUT2D eigenvalue weighted by atomic mass is 10.1. The Balaban J connectivity index is 1.48. The second kappa shape index (κ2) is 8.37. The molecular weight excluding hydrogens is 371 g/mol. The third-order valence-corrected chi connectivity index (χ3v) is 3.81. The summed E-state index contributed by atoms with van der Waals surface area (Å²) in [5.41, 5.74) is 1.45. The van der Waals surface area contributed by atoms with Crippen molar-refractivity contribution in [2.75, 3.05) is 0 Å². The summed E-state index contributed by atoms with van der Waals surface area (Å²) in [4.78, 5) is 26.7. The van der Waals surface area contributed by atoms with E-state index in [0.717, 1.165) is 4.68 Å². The highest BCUT2D eigenvalue weighted by molar-refractivity contribution is 5.76. The number of aryl methyl sites for hydroxylation is 2. The van der Waals surface area contributed by atoms with Gasteiger partial charge in [0.1, 0.15) is 18.1 Å². The van der Waals surface area contributed by atoms with Crippen molar-refractivity contribution in [3.05, 3.63) is 47.4 Å². The Morgan fingerprint density at radius 1 is 1.36 bits per heavy atom. The van der Waals surface area contributed by atoms with Crippen molar-refractivity contribution in [1.82, 2.24) is 30.5 Å². The molecule has 10 nitrogen and oxygen atoms in total. The minimum atomic E-state index is -1.03. The number of aromatic nitrogens is 5. The fourth-order valence-corrected chi connectivity index (χ4v) is 2.34. The van der Waals surface area contributed by atoms with Gasteiger partial charge in [0.25, 0.3) is 0 Å². The SMILES string of the molecule is Cc1ccc(-c2noc(CCC(=O)NCc3cn(CC(=O)O)nn3)n2)cc1F. The molecule has 1 amide bonds. The lowest BCUT2D eigenvalue weighted by Gasteiger charge is -2.00. The van der Waals surface area contributed by atoms with Crippen LogP contribution in [0.3, 0.4) is 0 Å². The number of nitrogens with zero attached hydrogens (tertiary/aromatic N) is 5. The first kappa shape index (κ1) is 19.1. The summed E-state index contributed by atoms with van der Waals surface area (Å²) in [6.07, 6.45) is 1.77. The monoisotopic (exact) mass is 388 g/mol. The molecule has 0 saturated carbocycles. The molecule has 146 valence electrons. The Morgan fingerprint density at radius 3 is 2.93 bits per heavy atom. The van der Waals surface area contributed by atoms with E-state index < -0.39 is 5.97 Å². The Bertz CT molecular complexity index is 999. The first-order valence-corrected chi connectivity index (χ1v) is 8.37. The second-order valence-corrected chi connectivity index (χ2v) is 6.05. The molecule has 1 aromatic carbocycles. The van der Waals surface area contributed by atoms with E-state index in [1.54, 1.807) is 19.1 Å². The van der Waals surface area contributed by atoms with Crippen molar-refractivity contribution < 1.29 is 23.6 Å². The van der Waals surface area contributed by atoms with Crippen LogP contribution in [0, 0.1) is 12.7 Å². The van der Waals surface area contributed by atoms with Gasteiger partial charge in [-0.15, -0.1) is 5.10 Å². The maximum atomic E-state index is 13.6. The molecule has 0 radical (unpaired) electrons. The maximum absolute atomic E-state index is 13.6. The number of carboxylic acids is 1. The summed E-state index contributed by atoms with van der Waals surface area (Å²) in [5, 5.41) is 22.5. The van der Waals surface area contributed by atoms with Gasteiger partial charge in [-0.25, -0.2) is 9.07 Å². The number of amides is 1. The van der Waals surface area contributed by atoms with Crippen molar-refractivity contribution >= 4 is 11.9 Å². The fraction of sp³-hybridized carbons (Fsp3) is 0.294. The van der Waals surface area contributed by atoms with Gasteiger partial charge in [-0.1, -0.05) is 22.5 Å². The Kier molecular flexibility index (Phi) is 5.72. The van der Waals surface area contributed by atoms with Crippen LogP contribution >= 0.6 is 0 Å². The van der Waals surface area contributed by atoms with Crippen LogP contribution in [0.25, 0.3) is 11.4 Å². The van der Waals surface area contributed by atoms with Gasteiger partial charge in [-0.2, -0.15) is 4.98 Å². The van der Waals surface area contributed by atoms with E-state index >= 15 is 0 Å². The molecule has 0 bridgehead atoms. The summed E-state index contributed by atoms with van der Waals surface area (Å²) in [5.74, 6) is -1.15. The quantitative estimate of drug-likeness (QED) is 0.586. The van der Waals surface area contributed by atoms with Gasteiger partial charge in [0, 0.05) is 18.4 Å². The molecule has 2 aromatic heterocycles. The van der Waals surface area contributed by atoms with Gasteiger partial charge in [0.2, 0.25) is 17.6 Å². The van der Waals surface area contributed by atoms with Gasteiger partial charge < -0.3 is 14.9 Å². The van der Waals surface area contributed by atoms with Gasteiger partial charge in [0.15, 0.2) is 0 Å². The summed E-state index contributed by atoms with van der Waals surface area (Å²) < 4.78 is 19.9. The summed E-state index contributed by atoms with van der Waals surface area (Å²) in [6.45, 7) is 1.48. The van der Waals surface area contributed by atoms with Crippen LogP contribution in [-0.2, 0) is 29.1 Å². The molecule has 3 aromatic rings. The second-order valence-electron chi connectivity index (χ2n) is 6.05. The topological polar surface area (TPSA) is 136 Å². The van der Waals surface area contributed by atoms with Crippen molar-refractivity contribution in [1.29, 1.82) is 0 Å². The number of benzene rings is 1. The van der Waals surface area contributed by atoms with Crippen LogP contribution in [-0.4, -0.2) is 42.1 Å². The largest absolute Gasteiger partial charge is 0.480 e. The zero-order valence-electron chi connectivity index (χ0n) is 14.9. The zero-order valence-corrected chi connectivity index (χ0v) is 14.9. The van der Waals surface area contributed by atoms with Crippen molar-refractivity contribution in [2.24, 2.45) is 0 Å². The molecule has 0 atom stereocenters. The molecule has 28 heavy (non-hydrogen) atoms. The number of rotatable bonds is 8. The van der Waals surface area contributed by atoms with E-state index in [1.165, 1.54) is 12.3 Å². The predicted octanol–water partition coefficient (Wildman–Crippen LogP) is 1.11. The summed E-state index contributed by atoms with van der Waals surface area (Å²) in [6, 6.07) is 4.65. The fourth-order valence-electron chi connectivity index (χ4n) is 2.34. The number of hydrogen-bond donors (Lipinski definition) is 2. The minimum absolute atomic E-state index is 0.104. The van der Waals surface area contributed by atoms with E-state index in [4.69, 9.17) is 9.63 Å². The number of aliphatic carboxylic acids is 1. The van der Waals surface area contributed by atoms with Gasteiger partial charge in [-0.05, 0) is 18.6 Å². The Morgan fingerprint density at radius 2 is 2.18 bits per heavy atom. The molecular formula is C17H17FN6O4. The van der Waals surface area contributed by atoms with Gasteiger partial charge in [0.05, 0.1) is 12.7 Å². The zero-order chi connectivity index (χ0) is 20.1. The van der Waals surface area contributed by atoms with Crippen LogP contribution in [0.15, 0.2) is 28.9 Å². The third-order valence-electron chi connectivity index (χ3n) is 3.81. The number of halogens is 1. The minimum Gasteiger partial charge on any atom is -0.480 e. The summed E-state index contributed by atoms with van der Waals surface area (Å²) >= 11 is 0. The molecule has 0 fully saturated rings. The van der Waals surface area contributed by atoms with Crippen LogP contribution in [0.4, 0.5) is 4.39 Å².